The van der Waals surface area contributed by atoms with Crippen molar-refractivity contribution in [1.29, 1.82) is 0 Å². The standard InChI is InChI=1S/C30H46N8O3/c1-2-3-20-41-29-33-27(31)26-28(34-29)38(30(39)32-26)17-7-14-36(13-6-12-35-18-21-40-22-19-35)23-24-8-10-25(11-9-24)37-15-4-5-16-37/h8-11H,2-7,12-23H2,1H3,(H,32,39)(H2,31,33,34). The summed E-state index contributed by atoms with van der Waals surface area (Å²) in [5.41, 5.74) is 9.53. The molecule has 41 heavy (non-hydrogen) atoms. The Labute approximate surface area is 242 Å². The molecule has 2 fully saturated rings. The average Bonchev–Trinajstić information content (AvgIpc) is 3.63. The molecule has 3 aromatic rings. The van der Waals surface area contributed by atoms with Crippen molar-refractivity contribution in [3.05, 3.63) is 40.3 Å². The van der Waals surface area contributed by atoms with E-state index in [0.29, 0.717) is 24.3 Å². The highest BCUT2D eigenvalue weighted by molar-refractivity contribution is 5.81. The van der Waals surface area contributed by atoms with E-state index in [1.54, 1.807) is 4.57 Å². The average molecular weight is 567 g/mol. The van der Waals surface area contributed by atoms with Crippen LogP contribution in [-0.4, -0.2) is 95.0 Å². The summed E-state index contributed by atoms with van der Waals surface area (Å²) in [6.07, 6.45) is 6.39. The van der Waals surface area contributed by atoms with Gasteiger partial charge in [0.25, 0.3) is 0 Å². The largest absolute Gasteiger partial charge is 0.463 e. The minimum Gasteiger partial charge on any atom is -0.463 e. The summed E-state index contributed by atoms with van der Waals surface area (Å²) < 4.78 is 12.9. The molecule has 2 aliphatic rings. The van der Waals surface area contributed by atoms with Crippen LogP contribution in [0.3, 0.4) is 0 Å². The van der Waals surface area contributed by atoms with Gasteiger partial charge in [0.2, 0.25) is 0 Å². The van der Waals surface area contributed by atoms with Gasteiger partial charge in [0.15, 0.2) is 11.5 Å². The second-order valence-electron chi connectivity index (χ2n) is 11.2. The van der Waals surface area contributed by atoms with Gasteiger partial charge in [0.1, 0.15) is 5.52 Å². The van der Waals surface area contributed by atoms with Crippen molar-refractivity contribution in [3.8, 4) is 6.01 Å². The molecule has 2 aromatic heterocycles. The number of aryl methyl sites for hydroxylation is 1. The van der Waals surface area contributed by atoms with Crippen LogP contribution in [0.25, 0.3) is 11.2 Å². The zero-order valence-corrected chi connectivity index (χ0v) is 24.5. The van der Waals surface area contributed by atoms with Crippen molar-refractivity contribution in [2.45, 2.75) is 58.5 Å². The van der Waals surface area contributed by atoms with E-state index in [-0.39, 0.29) is 17.5 Å². The Morgan fingerprint density at radius 2 is 1.73 bits per heavy atom. The lowest BCUT2D eigenvalue weighted by atomic mass is 10.1. The third-order valence-electron chi connectivity index (χ3n) is 8.08. The van der Waals surface area contributed by atoms with E-state index < -0.39 is 0 Å². The lowest BCUT2D eigenvalue weighted by molar-refractivity contribution is 0.0359. The number of anilines is 2. The normalized spacial score (nSPS) is 16.3. The smallest absolute Gasteiger partial charge is 0.327 e. The number of H-pyrrole nitrogens is 1. The first-order valence-corrected chi connectivity index (χ1v) is 15.4. The van der Waals surface area contributed by atoms with Crippen LogP contribution in [-0.2, 0) is 17.8 Å². The minimum absolute atomic E-state index is 0.219. The number of rotatable bonds is 15. The van der Waals surface area contributed by atoms with Gasteiger partial charge in [-0.2, -0.15) is 9.97 Å². The van der Waals surface area contributed by atoms with Gasteiger partial charge in [-0.3, -0.25) is 14.4 Å². The third kappa shape index (κ3) is 7.99. The second kappa shape index (κ2) is 14.7. The predicted molar refractivity (Wildman–Crippen MR) is 163 cm³/mol. The molecule has 2 saturated heterocycles. The van der Waals surface area contributed by atoms with Crippen LogP contribution in [0.2, 0.25) is 0 Å². The van der Waals surface area contributed by atoms with Crippen LogP contribution < -0.4 is 21.1 Å². The number of imidazole rings is 1. The van der Waals surface area contributed by atoms with Gasteiger partial charge in [0, 0.05) is 51.5 Å². The Kier molecular flexibility index (Phi) is 10.5. The SMILES string of the molecule is CCCCOc1nc(N)c2[nH]c(=O)n(CCCN(CCCN3CCOCC3)Cc3ccc(N4CCCC4)cc3)c2n1. The predicted octanol–water partition coefficient (Wildman–Crippen LogP) is 3.10. The number of benzene rings is 1. The number of fused-ring (bicyclic) bond motifs is 1. The van der Waals surface area contributed by atoms with E-state index in [0.717, 1.165) is 91.3 Å². The zero-order chi connectivity index (χ0) is 28.4. The lowest BCUT2D eigenvalue weighted by Crippen LogP contribution is -2.38. The highest BCUT2D eigenvalue weighted by Gasteiger charge is 2.17. The molecule has 0 aliphatic carbocycles. The number of aromatic amines is 1. The quantitative estimate of drug-likeness (QED) is 0.268. The number of morpholine rings is 1. The van der Waals surface area contributed by atoms with Crippen LogP contribution in [0.1, 0.15) is 51.0 Å². The lowest BCUT2D eigenvalue weighted by Gasteiger charge is -2.28. The summed E-state index contributed by atoms with van der Waals surface area (Å²) in [6, 6.07) is 9.29. The van der Waals surface area contributed by atoms with E-state index in [9.17, 15) is 4.79 Å². The van der Waals surface area contributed by atoms with Crippen LogP contribution >= 0.6 is 0 Å². The number of hydrogen-bond donors (Lipinski definition) is 2. The monoisotopic (exact) mass is 566 g/mol. The van der Waals surface area contributed by atoms with Gasteiger partial charge in [-0.25, -0.2) is 4.79 Å². The summed E-state index contributed by atoms with van der Waals surface area (Å²) in [5.74, 6) is 0.236. The number of nitrogens with two attached hydrogens (primary N) is 1. The molecule has 1 aromatic carbocycles. The van der Waals surface area contributed by atoms with Crippen molar-refractivity contribution >= 4 is 22.7 Å². The fourth-order valence-corrected chi connectivity index (χ4v) is 5.72. The van der Waals surface area contributed by atoms with Crippen molar-refractivity contribution in [2.75, 3.05) is 76.3 Å². The third-order valence-corrected chi connectivity index (χ3v) is 8.08. The first kappa shape index (κ1) is 29.3. The fourth-order valence-electron chi connectivity index (χ4n) is 5.72. The molecule has 0 bridgehead atoms. The molecular weight excluding hydrogens is 520 g/mol. The van der Waals surface area contributed by atoms with Crippen LogP contribution in [0.15, 0.2) is 29.1 Å². The molecule has 0 spiro atoms. The number of nitrogens with zero attached hydrogens (tertiary/aromatic N) is 6. The molecule has 11 nitrogen and oxygen atoms in total. The number of nitrogens with one attached hydrogen (secondary N) is 1. The summed E-state index contributed by atoms with van der Waals surface area (Å²) in [4.78, 5) is 31.9. The molecule has 11 heteroatoms. The molecule has 0 radical (unpaired) electrons. The van der Waals surface area contributed by atoms with Crippen molar-refractivity contribution in [3.63, 3.8) is 0 Å². The van der Waals surface area contributed by atoms with Crippen LogP contribution in [0.5, 0.6) is 6.01 Å². The first-order valence-electron chi connectivity index (χ1n) is 15.4. The second-order valence-corrected chi connectivity index (χ2v) is 11.2. The maximum absolute atomic E-state index is 12.8. The molecule has 0 saturated carbocycles. The van der Waals surface area contributed by atoms with Gasteiger partial charge >= 0.3 is 11.7 Å². The molecule has 0 atom stereocenters. The Morgan fingerprint density at radius 3 is 2.46 bits per heavy atom. The van der Waals surface area contributed by atoms with Crippen molar-refractivity contribution in [1.82, 2.24) is 29.3 Å². The molecule has 3 N–H and O–H groups in total. The van der Waals surface area contributed by atoms with E-state index >= 15 is 0 Å². The van der Waals surface area contributed by atoms with E-state index in [1.165, 1.54) is 24.1 Å². The number of ether oxygens (including phenoxy) is 2. The van der Waals surface area contributed by atoms with Gasteiger partial charge in [-0.1, -0.05) is 25.5 Å². The molecular formula is C30H46N8O3. The summed E-state index contributed by atoms with van der Waals surface area (Å²) in [5, 5.41) is 0. The molecule has 5 rings (SSSR count). The molecule has 2 aliphatic heterocycles. The van der Waals surface area contributed by atoms with Gasteiger partial charge in [-0.05, 0) is 62.9 Å². The maximum Gasteiger partial charge on any atom is 0.327 e. The molecule has 0 unspecified atom stereocenters. The molecule has 4 heterocycles. The topological polar surface area (TPSA) is 118 Å². The van der Waals surface area contributed by atoms with E-state index in [4.69, 9.17) is 15.2 Å². The Morgan fingerprint density at radius 1 is 1.00 bits per heavy atom. The Balaban J connectivity index is 1.23. The van der Waals surface area contributed by atoms with Gasteiger partial charge < -0.3 is 25.1 Å². The summed E-state index contributed by atoms with van der Waals surface area (Å²) in [7, 11) is 0. The van der Waals surface area contributed by atoms with E-state index in [2.05, 4.69) is 60.8 Å². The van der Waals surface area contributed by atoms with Crippen LogP contribution in [0.4, 0.5) is 11.5 Å². The summed E-state index contributed by atoms with van der Waals surface area (Å²) in [6.45, 7) is 13.0. The first-order chi connectivity index (χ1) is 20.1. The number of aromatic nitrogens is 4. The minimum atomic E-state index is -0.219. The highest BCUT2D eigenvalue weighted by Crippen LogP contribution is 2.22. The molecule has 0 amide bonds. The Hall–Kier alpha value is -3.15. The van der Waals surface area contributed by atoms with Crippen LogP contribution in [0, 0.1) is 0 Å². The van der Waals surface area contributed by atoms with E-state index in [1.807, 2.05) is 0 Å². The number of nitrogen functional groups attached to an aromatic ring is 1. The highest BCUT2D eigenvalue weighted by atomic mass is 16.5. The maximum atomic E-state index is 12.8. The number of unbranched alkanes of at least 4 members (excludes halogenated alkanes) is 1. The van der Waals surface area contributed by atoms with Gasteiger partial charge in [-0.15, -0.1) is 0 Å². The summed E-state index contributed by atoms with van der Waals surface area (Å²) >= 11 is 0. The molecule has 224 valence electrons. The number of hydrogen-bond acceptors (Lipinski definition) is 9. The Bertz CT molecular complexity index is 1280. The zero-order valence-electron chi connectivity index (χ0n) is 24.5. The van der Waals surface area contributed by atoms with Crippen molar-refractivity contribution < 1.29 is 9.47 Å². The van der Waals surface area contributed by atoms with Gasteiger partial charge in [0.05, 0.1) is 19.8 Å². The van der Waals surface area contributed by atoms with Crippen molar-refractivity contribution in [2.24, 2.45) is 0 Å². The fraction of sp³-hybridized carbons (Fsp3) is 0.633.